The standard InChI is InChI=1S/C22H24BrN3O3/c1-15(27)20(26-12-19(22(24)28)25-14-26)10-9-17-6-2-3-8-21(17)29-13-16-5-4-7-18(23)11-16/h2-8,11-12,14-15,20,27H,9-10,13H2,1H3,(H2,24,28). The summed E-state index contributed by atoms with van der Waals surface area (Å²) in [6.45, 7) is 2.20. The average Bonchev–Trinajstić information content (AvgIpc) is 3.17. The summed E-state index contributed by atoms with van der Waals surface area (Å²) in [5.41, 5.74) is 7.61. The smallest absolute Gasteiger partial charge is 0.268 e. The highest BCUT2D eigenvalue weighted by molar-refractivity contribution is 9.10. The van der Waals surface area contributed by atoms with Crippen molar-refractivity contribution in [1.82, 2.24) is 9.55 Å². The monoisotopic (exact) mass is 457 g/mol. The van der Waals surface area contributed by atoms with Crippen molar-refractivity contribution in [2.24, 2.45) is 5.73 Å². The molecule has 0 saturated carbocycles. The maximum absolute atomic E-state index is 11.3. The summed E-state index contributed by atoms with van der Waals surface area (Å²) in [6.07, 6.45) is 3.86. The van der Waals surface area contributed by atoms with Crippen molar-refractivity contribution < 1.29 is 14.6 Å². The molecule has 0 spiro atoms. The number of aromatic nitrogens is 2. The Kier molecular flexibility index (Phi) is 7.06. The maximum Gasteiger partial charge on any atom is 0.268 e. The van der Waals surface area contributed by atoms with E-state index in [4.69, 9.17) is 10.5 Å². The van der Waals surface area contributed by atoms with Crippen LogP contribution < -0.4 is 10.5 Å². The van der Waals surface area contributed by atoms with Crippen LogP contribution in [-0.2, 0) is 13.0 Å². The molecule has 29 heavy (non-hydrogen) atoms. The number of ether oxygens (including phenoxy) is 1. The van der Waals surface area contributed by atoms with Crippen molar-refractivity contribution in [2.75, 3.05) is 0 Å². The first kappa shape index (κ1) is 21.1. The number of carbonyl (C=O) groups is 1. The Labute approximate surface area is 178 Å². The minimum atomic E-state index is -0.611. The van der Waals surface area contributed by atoms with E-state index in [9.17, 15) is 9.90 Å². The number of aliphatic hydroxyl groups is 1. The molecule has 0 radical (unpaired) electrons. The Hall–Kier alpha value is -2.64. The Bertz CT molecular complexity index is 971. The Balaban J connectivity index is 1.69. The first-order valence-electron chi connectivity index (χ1n) is 9.40. The number of amides is 1. The zero-order valence-electron chi connectivity index (χ0n) is 16.2. The van der Waals surface area contributed by atoms with Crippen molar-refractivity contribution >= 4 is 21.8 Å². The molecular weight excluding hydrogens is 434 g/mol. The predicted octanol–water partition coefficient (Wildman–Crippen LogP) is 3.88. The van der Waals surface area contributed by atoms with Crippen molar-refractivity contribution in [1.29, 1.82) is 0 Å². The van der Waals surface area contributed by atoms with Gasteiger partial charge in [0.15, 0.2) is 0 Å². The summed E-state index contributed by atoms with van der Waals surface area (Å²) < 4.78 is 8.81. The predicted molar refractivity (Wildman–Crippen MR) is 115 cm³/mol. The number of hydrogen-bond donors (Lipinski definition) is 2. The van der Waals surface area contributed by atoms with Crippen LogP contribution in [0.3, 0.4) is 0 Å². The molecule has 152 valence electrons. The van der Waals surface area contributed by atoms with Gasteiger partial charge in [-0.3, -0.25) is 4.79 Å². The normalized spacial score (nSPS) is 13.1. The molecule has 0 saturated heterocycles. The zero-order valence-corrected chi connectivity index (χ0v) is 17.7. The van der Waals surface area contributed by atoms with Crippen molar-refractivity contribution in [3.8, 4) is 5.75 Å². The topological polar surface area (TPSA) is 90.4 Å². The van der Waals surface area contributed by atoms with E-state index >= 15 is 0 Å². The number of hydrogen-bond acceptors (Lipinski definition) is 4. The van der Waals surface area contributed by atoms with Gasteiger partial charge in [-0.15, -0.1) is 0 Å². The molecule has 0 fully saturated rings. The van der Waals surface area contributed by atoms with Crippen LogP contribution >= 0.6 is 15.9 Å². The van der Waals surface area contributed by atoms with Crippen LogP contribution in [0, 0.1) is 0 Å². The summed E-state index contributed by atoms with van der Waals surface area (Å²) in [4.78, 5) is 15.3. The van der Waals surface area contributed by atoms with E-state index in [0.717, 1.165) is 21.3 Å². The number of aliphatic hydroxyl groups excluding tert-OH is 1. The quantitative estimate of drug-likeness (QED) is 0.509. The molecule has 1 heterocycles. The second kappa shape index (κ2) is 9.71. The zero-order chi connectivity index (χ0) is 20.8. The van der Waals surface area contributed by atoms with Gasteiger partial charge in [0.1, 0.15) is 18.1 Å². The molecule has 2 unspecified atom stereocenters. The summed E-state index contributed by atoms with van der Waals surface area (Å²) in [5.74, 6) is 0.236. The SMILES string of the molecule is CC(O)C(CCc1ccccc1OCc1cccc(Br)c1)n1cnc(C(N)=O)c1. The second-order valence-electron chi connectivity index (χ2n) is 6.94. The summed E-state index contributed by atoms with van der Waals surface area (Å²) in [6, 6.07) is 15.7. The molecule has 3 N–H and O–H groups in total. The van der Waals surface area contributed by atoms with E-state index in [1.54, 1.807) is 17.7 Å². The van der Waals surface area contributed by atoms with E-state index < -0.39 is 12.0 Å². The van der Waals surface area contributed by atoms with Gasteiger partial charge < -0.3 is 20.1 Å². The number of primary amides is 1. The number of nitrogens with two attached hydrogens (primary N) is 1. The molecule has 3 rings (SSSR count). The minimum Gasteiger partial charge on any atom is -0.489 e. The minimum absolute atomic E-state index is 0.188. The number of imidazole rings is 1. The molecule has 0 aliphatic carbocycles. The molecule has 7 heteroatoms. The molecule has 3 aromatic rings. The summed E-state index contributed by atoms with van der Waals surface area (Å²) >= 11 is 3.47. The third-order valence-electron chi connectivity index (χ3n) is 4.76. The Morgan fingerprint density at radius 3 is 2.76 bits per heavy atom. The van der Waals surface area contributed by atoms with E-state index in [0.29, 0.717) is 19.4 Å². The van der Waals surface area contributed by atoms with Crippen molar-refractivity contribution in [3.05, 3.63) is 82.3 Å². The van der Waals surface area contributed by atoms with Crippen LogP contribution in [0.4, 0.5) is 0 Å². The molecule has 0 aliphatic rings. The largest absolute Gasteiger partial charge is 0.489 e. The lowest BCUT2D eigenvalue weighted by Gasteiger charge is -2.22. The highest BCUT2D eigenvalue weighted by Crippen LogP contribution is 2.26. The van der Waals surface area contributed by atoms with E-state index in [1.807, 2.05) is 48.5 Å². The first-order valence-corrected chi connectivity index (χ1v) is 10.2. The van der Waals surface area contributed by atoms with Gasteiger partial charge in [0.05, 0.1) is 18.5 Å². The van der Waals surface area contributed by atoms with Gasteiger partial charge in [-0.2, -0.15) is 0 Å². The number of benzene rings is 2. The molecule has 1 amide bonds. The van der Waals surface area contributed by atoms with Crippen LogP contribution in [0.15, 0.2) is 65.5 Å². The highest BCUT2D eigenvalue weighted by atomic mass is 79.9. The Morgan fingerprint density at radius 1 is 1.28 bits per heavy atom. The first-order chi connectivity index (χ1) is 13.9. The van der Waals surface area contributed by atoms with E-state index in [-0.39, 0.29) is 11.7 Å². The summed E-state index contributed by atoms with van der Waals surface area (Å²) in [5, 5.41) is 10.2. The fraction of sp³-hybridized carbons (Fsp3) is 0.273. The number of carbonyl (C=O) groups excluding carboxylic acids is 1. The number of aryl methyl sites for hydroxylation is 1. The molecular formula is C22H24BrN3O3. The van der Waals surface area contributed by atoms with Gasteiger partial charge in [-0.1, -0.05) is 46.3 Å². The van der Waals surface area contributed by atoms with Crippen LogP contribution in [0.25, 0.3) is 0 Å². The van der Waals surface area contributed by atoms with Crippen LogP contribution in [-0.4, -0.2) is 26.7 Å². The third kappa shape index (κ3) is 5.68. The van der Waals surface area contributed by atoms with Crippen LogP contribution in [0.1, 0.15) is 41.0 Å². The van der Waals surface area contributed by atoms with Gasteiger partial charge in [0.2, 0.25) is 0 Å². The number of nitrogens with zero attached hydrogens (tertiary/aromatic N) is 2. The fourth-order valence-corrected chi connectivity index (χ4v) is 3.67. The van der Waals surface area contributed by atoms with Crippen molar-refractivity contribution in [3.63, 3.8) is 0 Å². The highest BCUT2D eigenvalue weighted by Gasteiger charge is 2.19. The van der Waals surface area contributed by atoms with Gasteiger partial charge in [-0.05, 0) is 49.1 Å². The lowest BCUT2D eigenvalue weighted by molar-refractivity contribution is 0.0994. The van der Waals surface area contributed by atoms with Gasteiger partial charge in [-0.25, -0.2) is 4.98 Å². The molecule has 0 aliphatic heterocycles. The van der Waals surface area contributed by atoms with Gasteiger partial charge in [0, 0.05) is 10.7 Å². The van der Waals surface area contributed by atoms with E-state index in [2.05, 4.69) is 20.9 Å². The fourth-order valence-electron chi connectivity index (χ4n) is 3.23. The molecule has 2 aromatic carbocycles. The van der Waals surface area contributed by atoms with Gasteiger partial charge in [0.25, 0.3) is 5.91 Å². The lowest BCUT2D eigenvalue weighted by Crippen LogP contribution is -2.21. The van der Waals surface area contributed by atoms with Gasteiger partial charge >= 0.3 is 0 Å². The summed E-state index contributed by atoms with van der Waals surface area (Å²) in [7, 11) is 0. The number of rotatable bonds is 9. The second-order valence-corrected chi connectivity index (χ2v) is 7.86. The molecule has 2 atom stereocenters. The molecule has 0 bridgehead atoms. The maximum atomic E-state index is 11.3. The molecule has 1 aromatic heterocycles. The van der Waals surface area contributed by atoms with Crippen LogP contribution in [0.2, 0.25) is 0 Å². The van der Waals surface area contributed by atoms with Crippen LogP contribution in [0.5, 0.6) is 5.75 Å². The average molecular weight is 458 g/mol. The lowest BCUT2D eigenvalue weighted by atomic mass is 10.0. The molecule has 6 nitrogen and oxygen atoms in total. The van der Waals surface area contributed by atoms with E-state index in [1.165, 1.54) is 6.33 Å². The third-order valence-corrected chi connectivity index (χ3v) is 5.25. The Morgan fingerprint density at radius 2 is 2.07 bits per heavy atom. The number of para-hydroxylation sites is 1. The van der Waals surface area contributed by atoms with Crippen molar-refractivity contribution in [2.45, 2.75) is 38.5 Å². The number of halogens is 1.